The molecule has 4 rings (SSSR count). The first-order valence-corrected chi connectivity index (χ1v) is 8.56. The zero-order valence-electron chi connectivity index (χ0n) is 13.9. The molecule has 1 aliphatic rings. The van der Waals surface area contributed by atoms with E-state index in [1.165, 1.54) is 0 Å². The number of carbonyl (C=O) groups excluding carboxylic acids is 1. The van der Waals surface area contributed by atoms with Gasteiger partial charge in [0.05, 0.1) is 6.54 Å². The van der Waals surface area contributed by atoms with Crippen LogP contribution in [0.3, 0.4) is 0 Å². The summed E-state index contributed by atoms with van der Waals surface area (Å²) in [6.45, 7) is 1.85. The zero-order chi connectivity index (χ0) is 17.2. The first kappa shape index (κ1) is 15.6. The summed E-state index contributed by atoms with van der Waals surface area (Å²) in [6, 6.07) is 15.2. The molecule has 3 heterocycles. The predicted molar refractivity (Wildman–Crippen MR) is 96.7 cm³/mol. The van der Waals surface area contributed by atoms with Crippen molar-refractivity contribution in [2.24, 2.45) is 0 Å². The van der Waals surface area contributed by atoms with Crippen LogP contribution in [-0.4, -0.2) is 33.4 Å². The molecule has 1 amide bonds. The summed E-state index contributed by atoms with van der Waals surface area (Å²) >= 11 is 0. The Kier molecular flexibility index (Phi) is 4.06. The van der Waals surface area contributed by atoms with Crippen LogP contribution in [0, 0.1) is 0 Å². The van der Waals surface area contributed by atoms with Crippen LogP contribution in [0.15, 0.2) is 59.5 Å². The van der Waals surface area contributed by atoms with Crippen molar-refractivity contribution < 1.29 is 4.79 Å². The minimum absolute atomic E-state index is 0.171. The number of pyridine rings is 2. The summed E-state index contributed by atoms with van der Waals surface area (Å²) in [7, 11) is 0. The Hall–Kier alpha value is -2.95. The number of likely N-dealkylation sites (tertiary alicyclic amines) is 1. The first-order valence-electron chi connectivity index (χ1n) is 8.56. The maximum Gasteiger partial charge on any atom is 0.265 e. The molecule has 5 heteroatoms. The fourth-order valence-corrected chi connectivity index (χ4v) is 3.36. The van der Waals surface area contributed by atoms with Crippen molar-refractivity contribution in [1.82, 2.24) is 14.5 Å². The molecule has 25 heavy (non-hydrogen) atoms. The lowest BCUT2D eigenvalue weighted by molar-refractivity contribution is 0.0790. The number of nitrogens with zero attached hydrogens (tertiary/aromatic N) is 3. The summed E-state index contributed by atoms with van der Waals surface area (Å²) in [4.78, 5) is 32.0. The number of hydrogen-bond acceptors (Lipinski definition) is 3. The summed E-state index contributed by atoms with van der Waals surface area (Å²) in [6.07, 6.45) is 3.67. The molecule has 0 atom stereocenters. The van der Waals surface area contributed by atoms with E-state index in [1.54, 1.807) is 21.7 Å². The SMILES string of the molecule is O=C(c1cc2cccnc2n(Cc2ccccc2)c1=O)N1CCCC1. The highest BCUT2D eigenvalue weighted by Crippen LogP contribution is 2.16. The van der Waals surface area contributed by atoms with Crippen LogP contribution in [0.1, 0.15) is 28.8 Å². The van der Waals surface area contributed by atoms with Crippen molar-refractivity contribution in [1.29, 1.82) is 0 Å². The van der Waals surface area contributed by atoms with E-state index in [4.69, 9.17) is 0 Å². The van der Waals surface area contributed by atoms with Gasteiger partial charge in [0.2, 0.25) is 0 Å². The number of aromatic nitrogens is 2. The van der Waals surface area contributed by atoms with E-state index in [-0.39, 0.29) is 17.0 Å². The molecule has 0 spiro atoms. The Balaban J connectivity index is 1.86. The van der Waals surface area contributed by atoms with Crippen LogP contribution in [0.5, 0.6) is 0 Å². The molecule has 2 aromatic heterocycles. The summed E-state index contributed by atoms with van der Waals surface area (Å²) < 4.78 is 1.61. The minimum atomic E-state index is -0.271. The maximum atomic E-state index is 13.1. The van der Waals surface area contributed by atoms with Gasteiger partial charge in [-0.3, -0.25) is 14.2 Å². The monoisotopic (exact) mass is 333 g/mol. The Bertz CT molecular complexity index is 973. The summed E-state index contributed by atoms with van der Waals surface area (Å²) in [5, 5.41) is 0.806. The van der Waals surface area contributed by atoms with Gasteiger partial charge in [-0.05, 0) is 36.6 Å². The van der Waals surface area contributed by atoms with Crippen LogP contribution in [0.2, 0.25) is 0 Å². The van der Waals surface area contributed by atoms with Crippen molar-refractivity contribution in [3.63, 3.8) is 0 Å². The average molecular weight is 333 g/mol. The van der Waals surface area contributed by atoms with Gasteiger partial charge in [-0.25, -0.2) is 4.98 Å². The molecular formula is C20H19N3O2. The molecule has 0 N–H and O–H groups in total. The Morgan fingerprint density at radius 3 is 2.56 bits per heavy atom. The van der Waals surface area contributed by atoms with Crippen LogP contribution >= 0.6 is 0 Å². The summed E-state index contributed by atoms with van der Waals surface area (Å²) in [5.41, 5.74) is 1.57. The van der Waals surface area contributed by atoms with Crippen molar-refractivity contribution >= 4 is 16.9 Å². The molecule has 0 unspecified atom stereocenters. The van der Waals surface area contributed by atoms with Gasteiger partial charge < -0.3 is 4.90 Å². The molecule has 5 nitrogen and oxygen atoms in total. The normalized spacial score (nSPS) is 14.2. The second kappa shape index (κ2) is 6.51. The number of hydrogen-bond donors (Lipinski definition) is 0. The third-order valence-electron chi connectivity index (χ3n) is 4.66. The van der Waals surface area contributed by atoms with E-state index in [2.05, 4.69) is 4.98 Å². The Labute approximate surface area is 145 Å². The highest BCUT2D eigenvalue weighted by atomic mass is 16.2. The van der Waals surface area contributed by atoms with Gasteiger partial charge in [0.1, 0.15) is 11.2 Å². The number of fused-ring (bicyclic) bond motifs is 1. The van der Waals surface area contributed by atoms with Gasteiger partial charge in [-0.15, -0.1) is 0 Å². The topological polar surface area (TPSA) is 55.2 Å². The highest BCUT2D eigenvalue weighted by molar-refractivity contribution is 5.97. The summed E-state index contributed by atoms with van der Waals surface area (Å²) in [5.74, 6) is -0.171. The van der Waals surface area contributed by atoms with Gasteiger partial charge in [-0.1, -0.05) is 30.3 Å². The molecule has 1 saturated heterocycles. The van der Waals surface area contributed by atoms with Crippen molar-refractivity contribution in [2.75, 3.05) is 13.1 Å². The van der Waals surface area contributed by atoms with Crippen molar-refractivity contribution in [3.05, 3.63) is 76.2 Å². The average Bonchev–Trinajstić information content (AvgIpc) is 3.19. The van der Waals surface area contributed by atoms with E-state index >= 15 is 0 Å². The molecular weight excluding hydrogens is 314 g/mol. The van der Waals surface area contributed by atoms with Crippen LogP contribution in [0.4, 0.5) is 0 Å². The fraction of sp³-hybridized carbons (Fsp3) is 0.250. The first-order chi connectivity index (χ1) is 12.2. The van der Waals surface area contributed by atoms with Crippen LogP contribution in [-0.2, 0) is 6.54 Å². The molecule has 126 valence electrons. The lowest BCUT2D eigenvalue weighted by Gasteiger charge is -2.17. The van der Waals surface area contributed by atoms with E-state index in [9.17, 15) is 9.59 Å². The number of rotatable bonds is 3. The molecule has 3 aromatic rings. The largest absolute Gasteiger partial charge is 0.338 e. The number of carbonyl (C=O) groups is 1. The van der Waals surface area contributed by atoms with Crippen LogP contribution in [0.25, 0.3) is 11.0 Å². The Morgan fingerprint density at radius 2 is 1.80 bits per heavy atom. The quantitative estimate of drug-likeness (QED) is 0.740. The molecule has 0 radical (unpaired) electrons. The highest BCUT2D eigenvalue weighted by Gasteiger charge is 2.23. The van der Waals surface area contributed by atoms with E-state index in [1.807, 2.05) is 42.5 Å². The van der Waals surface area contributed by atoms with Gasteiger partial charge in [0.15, 0.2) is 0 Å². The lowest BCUT2D eigenvalue weighted by Crippen LogP contribution is -2.35. The van der Waals surface area contributed by atoms with Crippen molar-refractivity contribution in [2.45, 2.75) is 19.4 Å². The standard InChI is InChI=1S/C20H19N3O2/c24-19(22-11-4-5-12-22)17-13-16-9-6-10-21-18(16)23(20(17)25)14-15-7-2-1-3-8-15/h1-3,6-10,13H,4-5,11-12,14H2. The maximum absolute atomic E-state index is 13.1. The zero-order valence-corrected chi connectivity index (χ0v) is 13.9. The van der Waals surface area contributed by atoms with E-state index in [0.717, 1.165) is 36.9 Å². The lowest BCUT2D eigenvalue weighted by atomic mass is 10.1. The van der Waals surface area contributed by atoms with Gasteiger partial charge in [-0.2, -0.15) is 0 Å². The van der Waals surface area contributed by atoms with E-state index < -0.39 is 0 Å². The fourth-order valence-electron chi connectivity index (χ4n) is 3.36. The third-order valence-corrected chi connectivity index (χ3v) is 4.66. The minimum Gasteiger partial charge on any atom is -0.338 e. The molecule has 1 fully saturated rings. The second-order valence-corrected chi connectivity index (χ2v) is 6.35. The molecule has 1 aromatic carbocycles. The number of benzene rings is 1. The molecule has 0 bridgehead atoms. The van der Waals surface area contributed by atoms with Gasteiger partial charge >= 0.3 is 0 Å². The van der Waals surface area contributed by atoms with Crippen molar-refractivity contribution in [3.8, 4) is 0 Å². The van der Waals surface area contributed by atoms with Gasteiger partial charge in [0.25, 0.3) is 11.5 Å². The van der Waals surface area contributed by atoms with Gasteiger partial charge in [0, 0.05) is 24.7 Å². The molecule has 0 saturated carbocycles. The molecule has 1 aliphatic heterocycles. The number of amides is 1. The predicted octanol–water partition coefficient (Wildman–Crippen LogP) is 2.68. The third kappa shape index (κ3) is 2.93. The van der Waals surface area contributed by atoms with E-state index in [0.29, 0.717) is 12.2 Å². The molecule has 0 aliphatic carbocycles. The van der Waals surface area contributed by atoms with Crippen LogP contribution < -0.4 is 5.56 Å². The Morgan fingerprint density at radius 1 is 1.04 bits per heavy atom. The smallest absolute Gasteiger partial charge is 0.265 e. The second-order valence-electron chi connectivity index (χ2n) is 6.35.